The average molecular weight is 315 g/mol. The van der Waals surface area contributed by atoms with Crippen LogP contribution in [0.4, 0.5) is 11.9 Å². The van der Waals surface area contributed by atoms with E-state index in [9.17, 15) is 4.79 Å². The Morgan fingerprint density at radius 2 is 1.90 bits per heavy atom. The molecule has 0 saturated carbocycles. The van der Waals surface area contributed by atoms with Gasteiger partial charge in [-0.3, -0.25) is 10.2 Å². The molecule has 1 rings (SSSR count). The normalized spacial score (nSPS) is 13.4. The predicted octanol–water partition coefficient (Wildman–Crippen LogP) is 2.39. The van der Waals surface area contributed by atoms with Crippen molar-refractivity contribution < 1.29 is 4.79 Å². The molecule has 7 nitrogen and oxygen atoms in total. The number of carbonyl (C=O) groups is 1. The van der Waals surface area contributed by atoms with Crippen LogP contribution in [-0.2, 0) is 4.79 Å². The van der Waals surface area contributed by atoms with Gasteiger partial charge in [-0.2, -0.15) is 15.0 Å². The third-order valence-corrected chi connectivity index (χ3v) is 3.28. The summed E-state index contributed by atoms with van der Waals surface area (Å²) >= 11 is 5.96. The molecule has 1 heterocycles. The maximum absolute atomic E-state index is 11.4. The van der Waals surface area contributed by atoms with Gasteiger partial charge in [0.2, 0.25) is 17.1 Å². The molecule has 1 aromatic heterocycles. The highest BCUT2D eigenvalue weighted by Crippen LogP contribution is 2.16. The Morgan fingerprint density at radius 1 is 1.24 bits per heavy atom. The first-order valence-corrected chi connectivity index (χ1v) is 7.49. The van der Waals surface area contributed by atoms with E-state index >= 15 is 0 Å². The molecule has 0 aromatic carbocycles. The van der Waals surface area contributed by atoms with E-state index in [1.165, 1.54) is 6.92 Å². The fourth-order valence-corrected chi connectivity index (χ4v) is 1.70. The van der Waals surface area contributed by atoms with Gasteiger partial charge in [-0.15, -0.1) is 0 Å². The molecule has 2 unspecified atom stereocenters. The van der Waals surface area contributed by atoms with E-state index in [1.54, 1.807) is 5.01 Å². The van der Waals surface area contributed by atoms with Crippen molar-refractivity contribution in [3.05, 3.63) is 5.28 Å². The Labute approximate surface area is 130 Å². The lowest BCUT2D eigenvalue weighted by Crippen LogP contribution is -2.47. The zero-order chi connectivity index (χ0) is 16.0. The maximum Gasteiger partial charge on any atom is 0.250 e. The van der Waals surface area contributed by atoms with E-state index < -0.39 is 0 Å². The minimum absolute atomic E-state index is 0.0313. The van der Waals surface area contributed by atoms with Crippen LogP contribution in [-0.4, -0.2) is 32.9 Å². The molecule has 0 aliphatic rings. The lowest BCUT2D eigenvalue weighted by molar-refractivity contribution is -0.119. The van der Waals surface area contributed by atoms with Crippen LogP contribution in [0.1, 0.15) is 47.5 Å². The molecule has 2 N–H and O–H groups in total. The second kappa shape index (κ2) is 7.97. The summed E-state index contributed by atoms with van der Waals surface area (Å²) in [6.45, 7) is 9.51. The van der Waals surface area contributed by atoms with Gasteiger partial charge in [0.15, 0.2) is 0 Å². The minimum atomic E-state index is -0.191. The molecule has 0 spiro atoms. The Hall–Kier alpha value is -1.63. The summed E-state index contributed by atoms with van der Waals surface area (Å²) in [5.41, 5.74) is 2.72. The number of amides is 1. The molecule has 21 heavy (non-hydrogen) atoms. The molecule has 0 radical (unpaired) electrons. The number of nitrogens with one attached hydrogen (secondary N) is 2. The van der Waals surface area contributed by atoms with Crippen molar-refractivity contribution in [3.8, 4) is 0 Å². The van der Waals surface area contributed by atoms with Gasteiger partial charge >= 0.3 is 0 Å². The zero-order valence-corrected chi connectivity index (χ0v) is 13.9. The van der Waals surface area contributed by atoms with Crippen molar-refractivity contribution in [2.24, 2.45) is 0 Å². The summed E-state index contributed by atoms with van der Waals surface area (Å²) in [4.78, 5) is 23.9. The van der Waals surface area contributed by atoms with Crippen LogP contribution >= 0.6 is 11.6 Å². The van der Waals surface area contributed by atoms with Crippen LogP contribution in [0.25, 0.3) is 0 Å². The molecule has 1 aromatic rings. The Morgan fingerprint density at radius 3 is 2.43 bits per heavy atom. The third kappa shape index (κ3) is 5.34. The van der Waals surface area contributed by atoms with Crippen LogP contribution < -0.4 is 15.8 Å². The predicted molar refractivity (Wildman–Crippen MR) is 84.3 cm³/mol. The first kappa shape index (κ1) is 17.4. The van der Waals surface area contributed by atoms with Crippen molar-refractivity contribution in [2.75, 3.05) is 10.3 Å². The van der Waals surface area contributed by atoms with Gasteiger partial charge in [-0.05, 0) is 38.3 Å². The summed E-state index contributed by atoms with van der Waals surface area (Å²) in [5, 5.41) is 4.85. The molecular formula is C13H23ClN6O. The van der Waals surface area contributed by atoms with Gasteiger partial charge < -0.3 is 5.32 Å². The highest BCUT2D eigenvalue weighted by atomic mass is 35.5. The third-order valence-electron chi connectivity index (χ3n) is 3.11. The Kier molecular flexibility index (Phi) is 6.61. The Balaban J connectivity index is 3.09. The van der Waals surface area contributed by atoms with Crippen LogP contribution in [0.2, 0.25) is 5.28 Å². The van der Waals surface area contributed by atoms with E-state index in [4.69, 9.17) is 11.6 Å². The number of hydrogen-bond acceptors (Lipinski definition) is 6. The monoisotopic (exact) mass is 314 g/mol. The van der Waals surface area contributed by atoms with Crippen LogP contribution in [0.15, 0.2) is 0 Å². The molecule has 0 fully saturated rings. The lowest BCUT2D eigenvalue weighted by Gasteiger charge is -2.28. The smallest absolute Gasteiger partial charge is 0.250 e. The fourth-order valence-electron chi connectivity index (χ4n) is 1.54. The van der Waals surface area contributed by atoms with Gasteiger partial charge in [0.25, 0.3) is 5.95 Å². The molecule has 8 heteroatoms. The van der Waals surface area contributed by atoms with Gasteiger partial charge in [-0.25, -0.2) is 5.01 Å². The maximum atomic E-state index is 11.4. The first-order valence-electron chi connectivity index (χ1n) is 7.11. The van der Waals surface area contributed by atoms with Crippen molar-refractivity contribution in [3.63, 3.8) is 0 Å². The number of anilines is 2. The zero-order valence-electron chi connectivity index (χ0n) is 13.1. The van der Waals surface area contributed by atoms with E-state index in [1.807, 2.05) is 20.8 Å². The SMILES string of the molecule is CCC(C)Nc1nc(Cl)nc(N(NC(C)=O)C(C)CC)n1. The summed E-state index contributed by atoms with van der Waals surface area (Å²) in [5.74, 6) is 0.534. The second-order valence-corrected chi connectivity index (χ2v) is 5.32. The number of nitrogens with zero attached hydrogens (tertiary/aromatic N) is 4. The molecule has 0 saturated heterocycles. The van der Waals surface area contributed by atoms with Crippen molar-refractivity contribution in [1.29, 1.82) is 0 Å². The second-order valence-electron chi connectivity index (χ2n) is 4.98. The summed E-state index contributed by atoms with van der Waals surface area (Å²) in [6.07, 6.45) is 1.75. The molecular weight excluding hydrogens is 292 g/mol. The van der Waals surface area contributed by atoms with Gasteiger partial charge in [-0.1, -0.05) is 13.8 Å². The number of hydrogen-bond donors (Lipinski definition) is 2. The minimum Gasteiger partial charge on any atom is -0.352 e. The summed E-state index contributed by atoms with van der Waals surface area (Å²) in [7, 11) is 0. The molecule has 1 amide bonds. The number of carbonyl (C=O) groups excluding carboxylic acids is 1. The van der Waals surface area contributed by atoms with E-state index in [2.05, 4.69) is 32.6 Å². The lowest BCUT2D eigenvalue weighted by atomic mass is 10.2. The number of halogens is 1. The number of rotatable bonds is 7. The summed E-state index contributed by atoms with van der Waals surface area (Å²) < 4.78 is 0. The Bertz CT molecular complexity index is 484. The molecule has 0 bridgehead atoms. The van der Waals surface area contributed by atoms with E-state index in [0.717, 1.165) is 12.8 Å². The topological polar surface area (TPSA) is 83.0 Å². The quantitative estimate of drug-likeness (QED) is 0.752. The van der Waals surface area contributed by atoms with Crippen molar-refractivity contribution in [2.45, 2.75) is 59.5 Å². The molecule has 0 aliphatic heterocycles. The molecule has 2 atom stereocenters. The molecule has 118 valence electrons. The standard InChI is InChI=1S/C13H23ClN6O/c1-6-8(3)15-12-16-11(14)17-13(18-12)20(9(4)7-2)19-10(5)21/h8-9H,6-7H2,1-5H3,(H,19,21)(H,15,16,17,18). The van der Waals surface area contributed by atoms with E-state index in [-0.39, 0.29) is 23.3 Å². The van der Waals surface area contributed by atoms with Gasteiger partial charge in [0.05, 0.1) is 6.04 Å². The first-order chi connectivity index (χ1) is 9.87. The van der Waals surface area contributed by atoms with Crippen molar-refractivity contribution >= 4 is 29.4 Å². The summed E-state index contributed by atoms with van der Waals surface area (Å²) in [6, 6.07) is 0.248. The largest absolute Gasteiger partial charge is 0.352 e. The van der Waals surface area contributed by atoms with Crippen molar-refractivity contribution in [1.82, 2.24) is 20.4 Å². The highest BCUT2D eigenvalue weighted by molar-refractivity contribution is 6.28. The van der Waals surface area contributed by atoms with Crippen LogP contribution in [0.5, 0.6) is 0 Å². The molecule has 0 aliphatic carbocycles. The number of aromatic nitrogens is 3. The van der Waals surface area contributed by atoms with E-state index in [0.29, 0.717) is 11.9 Å². The number of hydrazine groups is 1. The average Bonchev–Trinajstić information content (AvgIpc) is 2.42. The van der Waals surface area contributed by atoms with Gasteiger partial charge in [0.1, 0.15) is 0 Å². The van der Waals surface area contributed by atoms with Crippen LogP contribution in [0, 0.1) is 0 Å². The van der Waals surface area contributed by atoms with Crippen LogP contribution in [0.3, 0.4) is 0 Å². The van der Waals surface area contributed by atoms with Gasteiger partial charge in [0, 0.05) is 13.0 Å². The highest BCUT2D eigenvalue weighted by Gasteiger charge is 2.19. The fraction of sp³-hybridized carbons (Fsp3) is 0.692.